The van der Waals surface area contributed by atoms with E-state index in [2.05, 4.69) is 76.6 Å². The van der Waals surface area contributed by atoms with Crippen LogP contribution in [0.5, 0.6) is 11.8 Å². The Morgan fingerprint density at radius 1 is 0.774 bits per heavy atom. The van der Waals surface area contributed by atoms with Gasteiger partial charge in [-0.15, -0.1) is 0 Å². The summed E-state index contributed by atoms with van der Waals surface area (Å²) >= 11 is 0. The number of pyridine rings is 1. The van der Waals surface area contributed by atoms with Crippen molar-refractivity contribution in [2.45, 2.75) is 189 Å². The molecule has 3 aromatic heterocycles. The van der Waals surface area contributed by atoms with Gasteiger partial charge in [0, 0.05) is 64.7 Å². The van der Waals surface area contributed by atoms with Gasteiger partial charge in [0.05, 0.1) is 41.1 Å². The number of esters is 1. The molecule has 0 radical (unpaired) electrons. The third kappa shape index (κ3) is 10.1. The van der Waals surface area contributed by atoms with E-state index in [1.165, 1.54) is 76.0 Å². The topological polar surface area (TPSA) is 138 Å². The van der Waals surface area contributed by atoms with E-state index in [1.54, 1.807) is 4.57 Å². The molecule has 1 unspecified atom stereocenters. The molecule has 6 rings (SSSR count). The normalized spacial score (nSPS) is 15.3. The van der Waals surface area contributed by atoms with E-state index in [9.17, 15) is 15.0 Å². The van der Waals surface area contributed by atoms with Crippen molar-refractivity contribution in [1.29, 1.82) is 0 Å². The fourth-order valence-corrected chi connectivity index (χ4v) is 9.91. The van der Waals surface area contributed by atoms with Gasteiger partial charge in [-0.2, -0.15) is 0 Å². The molecule has 0 fully saturated rings. The van der Waals surface area contributed by atoms with E-state index < -0.39 is 0 Å². The van der Waals surface area contributed by atoms with Crippen molar-refractivity contribution in [3.63, 3.8) is 0 Å². The lowest BCUT2D eigenvalue weighted by molar-refractivity contribution is -0.140. The van der Waals surface area contributed by atoms with Crippen LogP contribution in [0.25, 0.3) is 44.2 Å². The molecule has 0 saturated carbocycles. The van der Waals surface area contributed by atoms with E-state index in [4.69, 9.17) is 19.4 Å². The highest BCUT2D eigenvalue weighted by molar-refractivity contribution is 5.96. The highest BCUT2D eigenvalue weighted by Gasteiger charge is 2.35. The molecule has 0 aromatic carbocycles. The average Bonchev–Trinajstić information content (AvgIpc) is 3.94. The second-order valence-corrected chi connectivity index (χ2v) is 18.0. The summed E-state index contributed by atoms with van der Waals surface area (Å²) in [6, 6.07) is 6.44. The van der Waals surface area contributed by atoms with E-state index in [1.807, 2.05) is 6.92 Å². The molecule has 0 amide bonds. The number of rotatable bonds is 22. The lowest BCUT2D eigenvalue weighted by Crippen LogP contribution is -2.09. The van der Waals surface area contributed by atoms with Crippen LogP contribution in [-0.2, 0) is 27.2 Å². The smallest absolute Gasteiger partial charge is 0.305 e. The summed E-state index contributed by atoms with van der Waals surface area (Å²) in [5.41, 5.74) is 12.7. The van der Waals surface area contributed by atoms with Crippen molar-refractivity contribution in [1.82, 2.24) is 24.5 Å². The minimum atomic E-state index is -0.288. The van der Waals surface area contributed by atoms with Gasteiger partial charge in [-0.05, 0) is 93.8 Å². The second-order valence-electron chi connectivity index (χ2n) is 18.0. The van der Waals surface area contributed by atoms with Gasteiger partial charge in [0.25, 0.3) is 0 Å². The van der Waals surface area contributed by atoms with Crippen molar-refractivity contribution < 1.29 is 24.5 Å². The molecule has 0 saturated heterocycles. The summed E-state index contributed by atoms with van der Waals surface area (Å²) in [6.45, 7) is 18.4. The number of methoxy groups -OCH3 is 1. The molecular formula is C52H75N5O5. The Morgan fingerprint density at radius 2 is 1.40 bits per heavy atom. The summed E-state index contributed by atoms with van der Waals surface area (Å²) in [4.78, 5) is 30.9. The summed E-state index contributed by atoms with van der Waals surface area (Å²) < 4.78 is 13.3. The van der Waals surface area contributed by atoms with Gasteiger partial charge in [-0.1, -0.05) is 105 Å². The Labute approximate surface area is 370 Å². The van der Waals surface area contributed by atoms with Crippen LogP contribution in [0.1, 0.15) is 194 Å². The summed E-state index contributed by atoms with van der Waals surface area (Å²) in [7, 11) is 1.42. The van der Waals surface area contributed by atoms with Gasteiger partial charge >= 0.3 is 5.97 Å². The zero-order chi connectivity index (χ0) is 44.5. The van der Waals surface area contributed by atoms with Crippen LogP contribution >= 0.6 is 0 Å². The number of aryl methyl sites for hydroxylation is 4. The number of carbonyl (C=O) groups is 1. The van der Waals surface area contributed by atoms with Crippen LogP contribution in [0.4, 0.5) is 0 Å². The van der Waals surface area contributed by atoms with Gasteiger partial charge in [-0.25, -0.2) is 4.98 Å². The molecule has 3 aliphatic rings. The SMILES string of the molecule is CCCCCCCCCCCCn1c(O)c2c(C)c3cc4[nH]c(cc5[nH]c(cc6nc(c(c-2n3)c1O)[C@@H](CCC(=O)OC)[C@@H]6C)c(C)c5C(C)OCCCCCC)c(C)c4CC. The predicted octanol–water partition coefficient (Wildman–Crippen LogP) is 13.8. The number of fused-ring (bicyclic) bond motifs is 8. The molecule has 10 heteroatoms. The molecule has 338 valence electrons. The second kappa shape index (κ2) is 21.7. The van der Waals surface area contributed by atoms with Crippen LogP contribution in [0.2, 0.25) is 0 Å². The van der Waals surface area contributed by atoms with E-state index in [0.29, 0.717) is 41.9 Å². The number of H-pyrrole nitrogens is 2. The standard InChI is InChI=1S/C52H75N5O5/c1-10-13-15-17-18-19-20-21-22-23-27-57-51(59)47-35(7)42-30-43-37(12-3)32(4)39(53-43)31-44-46(36(8)62-28-24-16-14-11-2)34(6)41(54-44)29-40-33(5)38(25-26-45(58)61-9)49(55-40)48(52(57)60)50(47)56-42/h29-31,33,36,38,53-54,59-60H,10-28H2,1-9H3/t33-,36?,38-/m0/s1. The number of hydrogen-bond donors (Lipinski definition) is 4. The number of aromatic hydroxyl groups is 2. The number of aromatic nitrogens is 5. The first kappa shape index (κ1) is 46.9. The van der Waals surface area contributed by atoms with Crippen molar-refractivity contribution in [2.75, 3.05) is 13.7 Å². The van der Waals surface area contributed by atoms with Gasteiger partial charge in [0.15, 0.2) is 0 Å². The van der Waals surface area contributed by atoms with Crippen LogP contribution in [0, 0.1) is 20.8 Å². The molecule has 3 aromatic rings. The molecule has 8 bridgehead atoms. The molecule has 0 spiro atoms. The highest BCUT2D eigenvalue weighted by atomic mass is 16.5. The van der Waals surface area contributed by atoms with Crippen molar-refractivity contribution >= 4 is 38.9 Å². The molecule has 4 N–H and O–H groups in total. The van der Waals surface area contributed by atoms with Crippen LogP contribution in [0.15, 0.2) is 18.2 Å². The van der Waals surface area contributed by atoms with Gasteiger partial charge in [0.2, 0.25) is 11.8 Å². The zero-order valence-corrected chi connectivity index (χ0v) is 39.4. The van der Waals surface area contributed by atoms with Crippen molar-refractivity contribution in [3.8, 4) is 23.0 Å². The number of nitrogens with one attached hydrogen (secondary N) is 2. The van der Waals surface area contributed by atoms with E-state index in [-0.39, 0.29) is 42.1 Å². The maximum Gasteiger partial charge on any atom is 0.305 e. The minimum absolute atomic E-state index is 0.0177. The third-order valence-corrected chi connectivity index (χ3v) is 13.8. The monoisotopic (exact) mass is 850 g/mol. The third-order valence-electron chi connectivity index (χ3n) is 13.8. The fraction of sp³-hybridized carbons (Fsp3) is 0.596. The predicted molar refractivity (Wildman–Crippen MR) is 254 cm³/mol. The van der Waals surface area contributed by atoms with Gasteiger partial charge < -0.3 is 29.7 Å². The first-order valence-corrected chi connectivity index (χ1v) is 24.0. The number of carbonyl (C=O) groups excluding carboxylic acids is 1. The molecular weight excluding hydrogens is 775 g/mol. The lowest BCUT2D eigenvalue weighted by Gasteiger charge is -2.21. The Bertz CT molecular complexity index is 2390. The van der Waals surface area contributed by atoms with Gasteiger partial charge in [-0.3, -0.25) is 14.3 Å². The Morgan fingerprint density at radius 3 is 2.06 bits per heavy atom. The first-order chi connectivity index (χ1) is 29.9. The first-order valence-electron chi connectivity index (χ1n) is 24.0. The average molecular weight is 850 g/mol. The van der Waals surface area contributed by atoms with E-state index >= 15 is 0 Å². The number of aromatic amines is 2. The number of unbranched alkanes of at least 4 members (excludes halogenated alkanes) is 12. The van der Waals surface area contributed by atoms with Crippen molar-refractivity contribution in [3.05, 3.63) is 57.4 Å². The Kier molecular flexibility index (Phi) is 16.4. The Balaban J connectivity index is 1.57. The molecule has 0 aliphatic carbocycles. The largest absolute Gasteiger partial charge is 0.494 e. The number of nitrogens with zero attached hydrogens (tertiary/aromatic N) is 3. The molecule has 10 nitrogen and oxygen atoms in total. The summed E-state index contributed by atoms with van der Waals surface area (Å²) in [6.07, 6.45) is 17.8. The van der Waals surface area contributed by atoms with Crippen LogP contribution in [-0.4, -0.2) is 54.4 Å². The fourth-order valence-electron chi connectivity index (χ4n) is 9.91. The molecule has 3 atom stereocenters. The lowest BCUT2D eigenvalue weighted by atomic mass is 9.85. The quantitative estimate of drug-likeness (QED) is 0.0402. The molecule has 6 heterocycles. The maximum absolute atomic E-state index is 12.7. The summed E-state index contributed by atoms with van der Waals surface area (Å²) in [5, 5.41) is 25.1. The highest BCUT2D eigenvalue weighted by Crippen LogP contribution is 2.50. The minimum Gasteiger partial charge on any atom is -0.494 e. The molecule has 3 aliphatic heterocycles. The number of ether oxygens (including phenoxy) is 2. The van der Waals surface area contributed by atoms with Crippen molar-refractivity contribution in [2.24, 2.45) is 0 Å². The van der Waals surface area contributed by atoms with Crippen LogP contribution < -0.4 is 0 Å². The zero-order valence-electron chi connectivity index (χ0n) is 39.4. The summed E-state index contributed by atoms with van der Waals surface area (Å²) in [5.74, 6) is -0.640. The van der Waals surface area contributed by atoms with Gasteiger partial charge in [0.1, 0.15) is 0 Å². The Hall–Kier alpha value is -4.57. The number of hydrogen-bond acceptors (Lipinski definition) is 7. The van der Waals surface area contributed by atoms with Crippen LogP contribution in [0.3, 0.4) is 0 Å². The maximum atomic E-state index is 12.7. The van der Waals surface area contributed by atoms with E-state index in [0.717, 1.165) is 88.5 Å². The molecule has 62 heavy (non-hydrogen) atoms.